The van der Waals surface area contributed by atoms with E-state index in [0.717, 1.165) is 32.4 Å². The van der Waals surface area contributed by atoms with E-state index in [0.29, 0.717) is 5.56 Å². The van der Waals surface area contributed by atoms with Crippen LogP contribution in [0.5, 0.6) is 0 Å². The zero-order chi connectivity index (χ0) is 21.7. The first-order chi connectivity index (χ1) is 13.7. The summed E-state index contributed by atoms with van der Waals surface area (Å²) in [7, 11) is -0.788. The highest BCUT2D eigenvalue weighted by molar-refractivity contribution is 7.54. The second-order valence-electron chi connectivity index (χ2n) is 5.84. The molecule has 0 unspecified atom stereocenters. The van der Waals surface area contributed by atoms with E-state index in [1.165, 1.54) is 13.2 Å². The van der Waals surface area contributed by atoms with E-state index >= 15 is 0 Å². The van der Waals surface area contributed by atoms with Gasteiger partial charge >= 0.3 is 19.7 Å². The molecule has 6 nitrogen and oxygen atoms in total. The van der Waals surface area contributed by atoms with Crippen molar-refractivity contribution in [3.63, 3.8) is 0 Å². The molecule has 158 valence electrons. The van der Waals surface area contributed by atoms with E-state index in [4.69, 9.17) is 18.5 Å². The van der Waals surface area contributed by atoms with E-state index in [1.807, 2.05) is 0 Å². The Morgan fingerprint density at radius 3 is 2.03 bits per heavy atom. The molecule has 29 heavy (non-hydrogen) atoms. The fraction of sp³-hybridized carbons (Fsp3) is 0.316. The number of carbonyl (C=O) groups is 1. The Morgan fingerprint density at radius 1 is 0.931 bits per heavy atom. The van der Waals surface area contributed by atoms with Crippen molar-refractivity contribution in [1.29, 1.82) is 0 Å². The summed E-state index contributed by atoms with van der Waals surface area (Å²) in [6.45, 7) is 0. The number of rotatable bonds is 8. The van der Waals surface area contributed by atoms with Crippen LogP contribution < -0.4 is 0 Å². The molecule has 0 aliphatic carbocycles. The Balaban J connectivity index is 2.45. The highest BCUT2D eigenvalue weighted by Crippen LogP contribution is 2.61. The summed E-state index contributed by atoms with van der Waals surface area (Å²) in [5.41, 5.74) is -0.739. The Morgan fingerprint density at radius 2 is 1.52 bits per heavy atom. The lowest BCUT2D eigenvalue weighted by Gasteiger charge is -2.26. The van der Waals surface area contributed by atoms with Crippen molar-refractivity contribution in [2.24, 2.45) is 0 Å². The molecule has 0 radical (unpaired) electrons. The average molecular weight is 432 g/mol. The Kier molecular flexibility index (Phi) is 7.60. The molecule has 0 heterocycles. The van der Waals surface area contributed by atoms with E-state index in [1.54, 1.807) is 30.3 Å². The van der Waals surface area contributed by atoms with Gasteiger partial charge in [-0.25, -0.2) is 4.79 Å². The van der Waals surface area contributed by atoms with Gasteiger partial charge in [-0.1, -0.05) is 42.5 Å². The lowest BCUT2D eigenvalue weighted by Crippen LogP contribution is -2.21. The third kappa shape index (κ3) is 5.45. The van der Waals surface area contributed by atoms with E-state index < -0.39 is 37.3 Å². The second kappa shape index (κ2) is 9.54. The maximum absolute atomic E-state index is 13.1. The van der Waals surface area contributed by atoms with Crippen LogP contribution in [0.4, 0.5) is 13.2 Å². The molecular formula is C19H20F3O6P. The summed E-state index contributed by atoms with van der Waals surface area (Å²) in [6.07, 6.45) is -5.83. The van der Waals surface area contributed by atoms with Crippen molar-refractivity contribution >= 4 is 13.6 Å². The fourth-order valence-electron chi connectivity index (χ4n) is 2.62. The van der Waals surface area contributed by atoms with Gasteiger partial charge < -0.3 is 18.5 Å². The smallest absolute Gasteiger partial charge is 0.416 e. The molecule has 2 atom stereocenters. The van der Waals surface area contributed by atoms with Crippen molar-refractivity contribution in [1.82, 2.24) is 0 Å². The van der Waals surface area contributed by atoms with E-state index in [2.05, 4.69) is 0 Å². The predicted octanol–water partition coefficient (Wildman–Crippen LogP) is 5.12. The number of alkyl halides is 3. The monoisotopic (exact) mass is 432 g/mol. The van der Waals surface area contributed by atoms with Gasteiger partial charge in [-0.2, -0.15) is 13.2 Å². The Bertz CT molecular complexity index is 864. The molecule has 0 saturated carbocycles. The molecule has 0 amide bonds. The van der Waals surface area contributed by atoms with Crippen LogP contribution in [-0.2, 0) is 34.1 Å². The summed E-state index contributed by atoms with van der Waals surface area (Å²) < 4.78 is 72.5. The lowest BCUT2D eigenvalue weighted by molar-refractivity contribution is -0.159. The molecule has 0 N–H and O–H groups in total. The zero-order valence-corrected chi connectivity index (χ0v) is 16.8. The average Bonchev–Trinajstić information content (AvgIpc) is 2.72. The number of esters is 1. The highest BCUT2D eigenvalue weighted by atomic mass is 31.2. The lowest BCUT2D eigenvalue weighted by atomic mass is 10.1. The Labute approximate surface area is 166 Å². The van der Waals surface area contributed by atoms with Crippen molar-refractivity contribution in [3.05, 3.63) is 71.3 Å². The molecule has 2 rings (SSSR count). The molecule has 0 aromatic heterocycles. The second-order valence-corrected chi connectivity index (χ2v) is 8.12. The van der Waals surface area contributed by atoms with E-state index in [9.17, 15) is 22.5 Å². The number of benzene rings is 2. The summed E-state index contributed by atoms with van der Waals surface area (Å²) in [6, 6.07) is 12.2. The van der Waals surface area contributed by atoms with Crippen LogP contribution in [0.15, 0.2) is 54.6 Å². The predicted molar refractivity (Wildman–Crippen MR) is 98.1 cm³/mol. The van der Waals surface area contributed by atoms with Crippen LogP contribution in [0.25, 0.3) is 0 Å². The number of halogens is 3. The van der Waals surface area contributed by atoms with Crippen molar-refractivity contribution in [3.8, 4) is 0 Å². The topological polar surface area (TPSA) is 71.1 Å². The molecule has 0 fully saturated rings. The third-order valence-electron chi connectivity index (χ3n) is 4.08. The summed E-state index contributed by atoms with van der Waals surface area (Å²) >= 11 is 0. The number of hydrogen-bond acceptors (Lipinski definition) is 6. The highest BCUT2D eigenvalue weighted by Gasteiger charge is 2.42. The van der Waals surface area contributed by atoms with Gasteiger partial charge in [-0.3, -0.25) is 4.57 Å². The molecule has 0 saturated heterocycles. The van der Waals surface area contributed by atoms with Gasteiger partial charge in [0, 0.05) is 26.9 Å². The first-order valence-corrected chi connectivity index (χ1v) is 9.94. The van der Waals surface area contributed by atoms with Gasteiger partial charge in [0.05, 0.1) is 5.56 Å². The summed E-state index contributed by atoms with van der Waals surface area (Å²) in [5, 5.41) is 0. The largest absolute Gasteiger partial charge is 0.442 e. The van der Waals surface area contributed by atoms with Crippen LogP contribution in [0, 0.1) is 0 Å². The van der Waals surface area contributed by atoms with Gasteiger partial charge in [0.1, 0.15) is 0 Å². The number of hydrogen-bond donors (Lipinski definition) is 0. The van der Waals surface area contributed by atoms with Crippen LogP contribution in [0.3, 0.4) is 0 Å². The molecule has 0 aliphatic rings. The fourth-order valence-corrected chi connectivity index (χ4v) is 3.91. The zero-order valence-electron chi connectivity index (χ0n) is 15.9. The third-order valence-corrected chi connectivity index (χ3v) is 6.07. The SMILES string of the molecule is CO[C@H](C(=O)O[C@H](c1cccc(C(F)(F)F)c1)P(=O)(OC)OC)c1ccccc1. The summed E-state index contributed by atoms with van der Waals surface area (Å²) in [5.74, 6) is -2.69. The quantitative estimate of drug-likeness (QED) is 0.426. The minimum atomic E-state index is -4.65. The molecular weight excluding hydrogens is 412 g/mol. The molecule has 2 aromatic carbocycles. The normalized spacial score (nSPS) is 14.3. The number of carbonyl (C=O) groups excluding carboxylic acids is 1. The molecule has 0 aliphatic heterocycles. The first-order valence-electron chi connectivity index (χ1n) is 8.33. The molecule has 0 spiro atoms. The van der Waals surface area contributed by atoms with Crippen LogP contribution in [-0.4, -0.2) is 27.3 Å². The maximum Gasteiger partial charge on any atom is 0.416 e. The van der Waals surface area contributed by atoms with Gasteiger partial charge in [0.2, 0.25) is 5.85 Å². The number of ether oxygens (including phenoxy) is 2. The van der Waals surface area contributed by atoms with Gasteiger partial charge in [-0.15, -0.1) is 0 Å². The van der Waals surface area contributed by atoms with Crippen LogP contribution >= 0.6 is 7.60 Å². The van der Waals surface area contributed by atoms with Crippen molar-refractivity contribution in [2.45, 2.75) is 18.1 Å². The molecule has 10 heteroatoms. The Hall–Kier alpha value is -2.19. The van der Waals surface area contributed by atoms with Gasteiger partial charge in [0.25, 0.3) is 0 Å². The minimum Gasteiger partial charge on any atom is -0.442 e. The van der Waals surface area contributed by atoms with Crippen molar-refractivity contribution in [2.75, 3.05) is 21.3 Å². The first kappa shape index (κ1) is 23.1. The van der Waals surface area contributed by atoms with Crippen molar-refractivity contribution < 1.29 is 41.1 Å². The maximum atomic E-state index is 13.1. The van der Waals surface area contributed by atoms with Gasteiger partial charge in [0.15, 0.2) is 6.10 Å². The van der Waals surface area contributed by atoms with Crippen LogP contribution in [0.1, 0.15) is 28.6 Å². The summed E-state index contributed by atoms with van der Waals surface area (Å²) in [4.78, 5) is 12.7. The standard InChI is InChI=1S/C19H20F3O6P/c1-25-16(13-8-5-4-6-9-13)17(23)28-18(29(24,26-2)27-3)14-10-7-11-15(12-14)19(20,21)22/h4-12,16,18H,1-3H3/t16-,18-/m0/s1. The van der Waals surface area contributed by atoms with Gasteiger partial charge in [-0.05, 0) is 17.7 Å². The molecule has 0 bridgehead atoms. The van der Waals surface area contributed by atoms with E-state index in [-0.39, 0.29) is 5.56 Å². The van der Waals surface area contributed by atoms with Crippen LogP contribution in [0.2, 0.25) is 0 Å². The number of methoxy groups -OCH3 is 1. The molecule has 2 aromatic rings. The minimum absolute atomic E-state index is 0.192.